The second-order valence-corrected chi connectivity index (χ2v) is 5.66. The molecule has 2 N–H and O–H groups in total. The minimum Gasteiger partial charge on any atom is -0.493 e. The van der Waals surface area contributed by atoms with Crippen LogP contribution >= 0.6 is 11.6 Å². The SMILES string of the molecule is C[C@@H](N)c1cc(Cl)ccc1OCCCN1CCCC1. The molecule has 1 aliphatic heterocycles. The predicted molar refractivity (Wildman–Crippen MR) is 79.8 cm³/mol. The summed E-state index contributed by atoms with van der Waals surface area (Å²) in [5, 5.41) is 0.705. The topological polar surface area (TPSA) is 38.5 Å². The number of rotatable bonds is 6. The summed E-state index contributed by atoms with van der Waals surface area (Å²) in [6.45, 7) is 6.29. The van der Waals surface area contributed by atoms with Crippen LogP contribution in [0.15, 0.2) is 18.2 Å². The van der Waals surface area contributed by atoms with Crippen LogP contribution in [0.2, 0.25) is 5.02 Å². The van der Waals surface area contributed by atoms with Crippen LogP contribution in [-0.2, 0) is 0 Å². The lowest BCUT2D eigenvalue weighted by molar-refractivity contribution is 0.261. The monoisotopic (exact) mass is 282 g/mol. The molecule has 1 heterocycles. The van der Waals surface area contributed by atoms with Gasteiger partial charge in [0.1, 0.15) is 5.75 Å². The van der Waals surface area contributed by atoms with Gasteiger partial charge < -0.3 is 15.4 Å². The van der Waals surface area contributed by atoms with Crippen molar-refractivity contribution in [1.82, 2.24) is 4.90 Å². The molecule has 4 heteroatoms. The third-order valence-corrected chi connectivity index (χ3v) is 3.77. The predicted octanol–water partition coefficient (Wildman–Crippen LogP) is 3.22. The maximum atomic E-state index is 5.99. The Kier molecular flexibility index (Phi) is 5.49. The summed E-state index contributed by atoms with van der Waals surface area (Å²) in [6.07, 6.45) is 3.74. The molecule has 1 atom stereocenters. The van der Waals surface area contributed by atoms with E-state index in [1.165, 1.54) is 25.9 Å². The van der Waals surface area contributed by atoms with Gasteiger partial charge in [0, 0.05) is 23.2 Å². The number of ether oxygens (including phenoxy) is 1. The van der Waals surface area contributed by atoms with Gasteiger partial charge in [0.25, 0.3) is 0 Å². The highest BCUT2D eigenvalue weighted by molar-refractivity contribution is 6.30. The van der Waals surface area contributed by atoms with Crippen molar-refractivity contribution in [1.29, 1.82) is 0 Å². The molecule has 19 heavy (non-hydrogen) atoms. The summed E-state index contributed by atoms with van der Waals surface area (Å²) in [4.78, 5) is 2.50. The van der Waals surface area contributed by atoms with Gasteiger partial charge in [-0.3, -0.25) is 0 Å². The summed E-state index contributed by atoms with van der Waals surface area (Å²) < 4.78 is 5.85. The molecule has 0 radical (unpaired) electrons. The Balaban J connectivity index is 1.81. The summed E-state index contributed by atoms with van der Waals surface area (Å²) in [5.74, 6) is 0.862. The molecule has 1 saturated heterocycles. The van der Waals surface area contributed by atoms with Crippen molar-refractivity contribution in [2.45, 2.75) is 32.2 Å². The maximum absolute atomic E-state index is 5.99. The van der Waals surface area contributed by atoms with Crippen LogP contribution in [0.25, 0.3) is 0 Å². The molecule has 106 valence electrons. The van der Waals surface area contributed by atoms with Crippen LogP contribution < -0.4 is 10.5 Å². The molecule has 2 rings (SSSR count). The Hall–Kier alpha value is -0.770. The highest BCUT2D eigenvalue weighted by Crippen LogP contribution is 2.27. The van der Waals surface area contributed by atoms with Gasteiger partial charge in [-0.15, -0.1) is 0 Å². The van der Waals surface area contributed by atoms with Crippen LogP contribution in [-0.4, -0.2) is 31.1 Å². The molecule has 0 amide bonds. The zero-order chi connectivity index (χ0) is 13.7. The molecule has 0 aliphatic carbocycles. The molecule has 1 aromatic rings. The lowest BCUT2D eigenvalue weighted by Gasteiger charge is -2.17. The molecule has 1 fully saturated rings. The van der Waals surface area contributed by atoms with E-state index in [4.69, 9.17) is 22.1 Å². The summed E-state index contributed by atoms with van der Waals surface area (Å²) >= 11 is 5.99. The largest absolute Gasteiger partial charge is 0.493 e. The third kappa shape index (κ3) is 4.37. The zero-order valence-corrected chi connectivity index (χ0v) is 12.3. The summed E-state index contributed by atoms with van der Waals surface area (Å²) in [5.41, 5.74) is 6.92. The number of nitrogens with zero attached hydrogens (tertiary/aromatic N) is 1. The van der Waals surface area contributed by atoms with Crippen molar-refractivity contribution in [3.63, 3.8) is 0 Å². The van der Waals surface area contributed by atoms with E-state index < -0.39 is 0 Å². The van der Waals surface area contributed by atoms with E-state index in [1.807, 2.05) is 25.1 Å². The maximum Gasteiger partial charge on any atom is 0.124 e. The van der Waals surface area contributed by atoms with E-state index in [2.05, 4.69) is 4.90 Å². The van der Waals surface area contributed by atoms with Gasteiger partial charge in [0.15, 0.2) is 0 Å². The van der Waals surface area contributed by atoms with E-state index in [-0.39, 0.29) is 6.04 Å². The van der Waals surface area contributed by atoms with Gasteiger partial charge in [0.05, 0.1) is 6.61 Å². The van der Waals surface area contributed by atoms with Gasteiger partial charge in [-0.2, -0.15) is 0 Å². The van der Waals surface area contributed by atoms with Crippen LogP contribution in [0.3, 0.4) is 0 Å². The quantitative estimate of drug-likeness (QED) is 0.814. The average molecular weight is 283 g/mol. The van der Waals surface area contributed by atoms with Crippen LogP contribution in [0.4, 0.5) is 0 Å². The van der Waals surface area contributed by atoms with Crippen molar-refractivity contribution in [3.8, 4) is 5.75 Å². The van der Waals surface area contributed by atoms with Crippen LogP contribution in [0.5, 0.6) is 5.75 Å². The van der Waals surface area contributed by atoms with Crippen molar-refractivity contribution < 1.29 is 4.74 Å². The fourth-order valence-corrected chi connectivity index (χ4v) is 2.66. The van der Waals surface area contributed by atoms with Gasteiger partial charge in [0.2, 0.25) is 0 Å². The number of benzene rings is 1. The van der Waals surface area contributed by atoms with E-state index in [0.717, 1.165) is 30.9 Å². The smallest absolute Gasteiger partial charge is 0.124 e. The van der Waals surface area contributed by atoms with Crippen molar-refractivity contribution in [3.05, 3.63) is 28.8 Å². The van der Waals surface area contributed by atoms with Gasteiger partial charge in [-0.1, -0.05) is 11.6 Å². The Morgan fingerprint density at radius 3 is 2.79 bits per heavy atom. The van der Waals surface area contributed by atoms with Gasteiger partial charge in [-0.05, 0) is 57.5 Å². The zero-order valence-electron chi connectivity index (χ0n) is 11.6. The number of nitrogens with two attached hydrogens (primary N) is 1. The van der Waals surface area contributed by atoms with Crippen molar-refractivity contribution in [2.24, 2.45) is 5.73 Å². The molecule has 0 spiro atoms. The molecule has 0 saturated carbocycles. The number of hydrogen-bond acceptors (Lipinski definition) is 3. The fourth-order valence-electron chi connectivity index (χ4n) is 2.48. The molecule has 1 aromatic carbocycles. The van der Waals surface area contributed by atoms with E-state index in [1.54, 1.807) is 0 Å². The van der Waals surface area contributed by atoms with Crippen LogP contribution in [0.1, 0.15) is 37.8 Å². The third-order valence-electron chi connectivity index (χ3n) is 3.54. The molecule has 0 bridgehead atoms. The molecular formula is C15H23ClN2O. The molecule has 3 nitrogen and oxygen atoms in total. The Labute approximate surface area is 120 Å². The lowest BCUT2D eigenvalue weighted by Crippen LogP contribution is -2.22. The van der Waals surface area contributed by atoms with Gasteiger partial charge >= 0.3 is 0 Å². The second kappa shape index (κ2) is 7.13. The normalized spacial score (nSPS) is 17.6. The molecule has 1 aliphatic rings. The van der Waals surface area contributed by atoms with Crippen molar-refractivity contribution in [2.75, 3.05) is 26.2 Å². The first-order chi connectivity index (χ1) is 9.16. The minimum absolute atomic E-state index is 0.0627. The number of hydrogen-bond donors (Lipinski definition) is 1. The Morgan fingerprint density at radius 2 is 2.11 bits per heavy atom. The molecule has 0 aromatic heterocycles. The van der Waals surface area contributed by atoms with Crippen LogP contribution in [0, 0.1) is 0 Å². The molecular weight excluding hydrogens is 260 g/mol. The average Bonchev–Trinajstić information content (AvgIpc) is 2.89. The first kappa shape index (κ1) is 14.6. The van der Waals surface area contributed by atoms with E-state index in [0.29, 0.717) is 5.02 Å². The molecule has 0 unspecified atom stereocenters. The van der Waals surface area contributed by atoms with Gasteiger partial charge in [-0.25, -0.2) is 0 Å². The first-order valence-electron chi connectivity index (χ1n) is 7.07. The summed E-state index contributed by atoms with van der Waals surface area (Å²) in [7, 11) is 0. The Bertz CT molecular complexity index is 403. The van der Waals surface area contributed by atoms with E-state index >= 15 is 0 Å². The van der Waals surface area contributed by atoms with E-state index in [9.17, 15) is 0 Å². The Morgan fingerprint density at radius 1 is 1.37 bits per heavy atom. The highest BCUT2D eigenvalue weighted by atomic mass is 35.5. The lowest BCUT2D eigenvalue weighted by atomic mass is 10.1. The summed E-state index contributed by atoms with van der Waals surface area (Å²) in [6, 6.07) is 5.59. The highest BCUT2D eigenvalue weighted by Gasteiger charge is 2.11. The standard InChI is InChI=1S/C15H23ClN2O/c1-12(17)14-11-13(16)5-6-15(14)19-10-4-9-18-7-2-3-8-18/h5-6,11-12H,2-4,7-10,17H2,1H3/t12-/m1/s1. The minimum atomic E-state index is -0.0627. The number of halogens is 1. The van der Waals surface area contributed by atoms with Crippen molar-refractivity contribution >= 4 is 11.6 Å². The second-order valence-electron chi connectivity index (χ2n) is 5.22. The first-order valence-corrected chi connectivity index (χ1v) is 7.45. The fraction of sp³-hybridized carbons (Fsp3) is 0.600. The number of likely N-dealkylation sites (tertiary alicyclic amines) is 1.